The largest absolute Gasteiger partial charge is 0.337 e. The van der Waals surface area contributed by atoms with Gasteiger partial charge in [0.05, 0.1) is 0 Å². The SMILES string of the molecule is CC(C)(C)[Si](C)(C)NCC1CCC(CN)CC1. The zero-order chi connectivity index (χ0) is 13.1. The Balaban J connectivity index is 2.33. The van der Waals surface area contributed by atoms with E-state index in [4.69, 9.17) is 5.73 Å². The first-order chi connectivity index (χ1) is 7.76. The average Bonchev–Trinajstić information content (AvgIpc) is 2.25. The summed E-state index contributed by atoms with van der Waals surface area (Å²) in [5.74, 6) is 1.70. The standard InChI is InChI=1S/C14H32N2Si/c1-14(2,3)17(4,5)16-11-13-8-6-12(10-15)7-9-13/h12-13,16H,6-11,15H2,1-5H3. The summed E-state index contributed by atoms with van der Waals surface area (Å²) < 4.78 is 0. The van der Waals surface area contributed by atoms with E-state index in [2.05, 4.69) is 38.8 Å². The molecule has 0 heterocycles. The van der Waals surface area contributed by atoms with E-state index < -0.39 is 8.24 Å². The van der Waals surface area contributed by atoms with Crippen molar-refractivity contribution in [2.24, 2.45) is 17.6 Å². The Bertz CT molecular complexity index is 225. The molecule has 0 spiro atoms. The van der Waals surface area contributed by atoms with Crippen LogP contribution in [0.2, 0.25) is 18.1 Å². The van der Waals surface area contributed by atoms with Gasteiger partial charge in [-0.05, 0) is 55.6 Å². The Morgan fingerprint density at radius 2 is 1.53 bits per heavy atom. The fraction of sp³-hybridized carbons (Fsp3) is 1.00. The van der Waals surface area contributed by atoms with Crippen molar-refractivity contribution in [2.75, 3.05) is 13.1 Å². The third-order valence-corrected chi connectivity index (χ3v) is 9.85. The molecule has 1 aliphatic rings. The Kier molecular flexibility index (Phi) is 5.23. The first-order valence-electron chi connectivity index (χ1n) is 7.21. The van der Waals surface area contributed by atoms with E-state index in [1.165, 1.54) is 32.2 Å². The minimum Gasteiger partial charge on any atom is -0.337 e. The molecule has 0 amide bonds. The number of nitrogens with one attached hydrogen (secondary N) is 1. The molecule has 1 saturated carbocycles. The second-order valence-corrected chi connectivity index (χ2v) is 12.5. The van der Waals surface area contributed by atoms with Crippen LogP contribution >= 0.6 is 0 Å². The van der Waals surface area contributed by atoms with Crippen LogP contribution in [0.15, 0.2) is 0 Å². The molecule has 0 saturated heterocycles. The average molecular weight is 257 g/mol. The van der Waals surface area contributed by atoms with Crippen LogP contribution in [0.25, 0.3) is 0 Å². The van der Waals surface area contributed by atoms with Crippen molar-refractivity contribution < 1.29 is 0 Å². The summed E-state index contributed by atoms with van der Waals surface area (Å²) in [6, 6.07) is 0. The smallest absolute Gasteiger partial charge is 0.124 e. The molecule has 0 aromatic carbocycles. The lowest BCUT2D eigenvalue weighted by Gasteiger charge is -2.39. The summed E-state index contributed by atoms with van der Waals surface area (Å²) in [6.07, 6.45) is 5.45. The van der Waals surface area contributed by atoms with Gasteiger partial charge in [-0.15, -0.1) is 0 Å². The lowest BCUT2D eigenvalue weighted by atomic mass is 9.82. The molecule has 0 aromatic heterocycles. The molecule has 1 fully saturated rings. The van der Waals surface area contributed by atoms with Crippen molar-refractivity contribution in [1.82, 2.24) is 4.98 Å². The van der Waals surface area contributed by atoms with Crippen molar-refractivity contribution in [3.05, 3.63) is 0 Å². The molecule has 17 heavy (non-hydrogen) atoms. The van der Waals surface area contributed by atoms with Crippen LogP contribution in [-0.4, -0.2) is 21.3 Å². The van der Waals surface area contributed by atoms with E-state index in [1.54, 1.807) is 0 Å². The first kappa shape index (κ1) is 15.2. The molecular formula is C14H32N2Si. The van der Waals surface area contributed by atoms with Crippen LogP contribution in [0.4, 0.5) is 0 Å². The van der Waals surface area contributed by atoms with Crippen LogP contribution in [0.3, 0.4) is 0 Å². The van der Waals surface area contributed by atoms with Crippen molar-refractivity contribution in [2.45, 2.75) is 64.6 Å². The van der Waals surface area contributed by atoms with E-state index in [0.717, 1.165) is 18.4 Å². The first-order valence-corrected chi connectivity index (χ1v) is 10.2. The quantitative estimate of drug-likeness (QED) is 0.757. The van der Waals surface area contributed by atoms with Gasteiger partial charge in [-0.25, -0.2) is 0 Å². The van der Waals surface area contributed by atoms with Gasteiger partial charge >= 0.3 is 0 Å². The number of nitrogens with two attached hydrogens (primary N) is 1. The second-order valence-electron chi connectivity index (χ2n) is 7.38. The lowest BCUT2D eigenvalue weighted by Crippen LogP contribution is -2.53. The zero-order valence-electron chi connectivity index (χ0n) is 12.5. The van der Waals surface area contributed by atoms with Crippen LogP contribution in [0, 0.1) is 11.8 Å². The Morgan fingerprint density at radius 3 is 1.94 bits per heavy atom. The highest BCUT2D eigenvalue weighted by atomic mass is 28.3. The molecule has 3 N–H and O–H groups in total. The lowest BCUT2D eigenvalue weighted by molar-refractivity contribution is 0.279. The molecule has 102 valence electrons. The maximum atomic E-state index is 5.74. The summed E-state index contributed by atoms with van der Waals surface area (Å²) in [4.78, 5) is 3.91. The van der Waals surface area contributed by atoms with Crippen molar-refractivity contribution >= 4 is 8.24 Å². The van der Waals surface area contributed by atoms with Crippen LogP contribution in [0.5, 0.6) is 0 Å². The van der Waals surface area contributed by atoms with Gasteiger partial charge in [-0.3, -0.25) is 0 Å². The number of hydrogen-bond donors (Lipinski definition) is 2. The summed E-state index contributed by atoms with van der Waals surface area (Å²) in [5, 5.41) is 0.446. The molecule has 2 nitrogen and oxygen atoms in total. The molecule has 0 aliphatic heterocycles. The summed E-state index contributed by atoms with van der Waals surface area (Å²) >= 11 is 0. The second kappa shape index (κ2) is 5.85. The maximum absolute atomic E-state index is 5.74. The van der Waals surface area contributed by atoms with Gasteiger partial charge in [0.2, 0.25) is 0 Å². The Labute approximate surface area is 109 Å². The number of hydrogen-bond acceptors (Lipinski definition) is 2. The van der Waals surface area contributed by atoms with Crippen molar-refractivity contribution in [3.8, 4) is 0 Å². The molecule has 1 aliphatic carbocycles. The molecule has 0 unspecified atom stereocenters. The van der Waals surface area contributed by atoms with E-state index in [1.807, 2.05) is 0 Å². The van der Waals surface area contributed by atoms with Crippen LogP contribution in [-0.2, 0) is 0 Å². The Morgan fingerprint density at radius 1 is 1.06 bits per heavy atom. The molecule has 3 heteroatoms. The zero-order valence-corrected chi connectivity index (χ0v) is 13.5. The van der Waals surface area contributed by atoms with E-state index in [9.17, 15) is 0 Å². The minimum atomic E-state index is -1.29. The van der Waals surface area contributed by atoms with Gasteiger partial charge in [-0.1, -0.05) is 33.9 Å². The third kappa shape index (κ3) is 4.38. The number of rotatable bonds is 4. The predicted molar refractivity (Wildman–Crippen MR) is 79.7 cm³/mol. The molecular weight excluding hydrogens is 224 g/mol. The predicted octanol–water partition coefficient (Wildman–Crippen LogP) is 3.35. The fourth-order valence-electron chi connectivity index (χ4n) is 2.34. The summed E-state index contributed by atoms with van der Waals surface area (Å²) in [7, 11) is -1.29. The van der Waals surface area contributed by atoms with E-state index in [-0.39, 0.29) is 0 Å². The highest BCUT2D eigenvalue weighted by molar-refractivity contribution is 6.77. The molecule has 0 bridgehead atoms. The van der Waals surface area contributed by atoms with E-state index in [0.29, 0.717) is 5.04 Å². The minimum absolute atomic E-state index is 0.446. The molecule has 0 atom stereocenters. The molecule has 1 rings (SSSR count). The fourth-order valence-corrected chi connectivity index (χ4v) is 3.67. The summed E-state index contributed by atoms with van der Waals surface area (Å²) in [6.45, 7) is 14.2. The van der Waals surface area contributed by atoms with Gasteiger partial charge in [0.1, 0.15) is 8.24 Å². The van der Waals surface area contributed by atoms with Crippen LogP contribution in [0.1, 0.15) is 46.5 Å². The normalized spacial score (nSPS) is 27.2. The van der Waals surface area contributed by atoms with Gasteiger partial charge < -0.3 is 10.7 Å². The van der Waals surface area contributed by atoms with E-state index >= 15 is 0 Å². The van der Waals surface area contributed by atoms with Gasteiger partial charge in [-0.2, -0.15) is 0 Å². The van der Waals surface area contributed by atoms with Gasteiger partial charge in [0.15, 0.2) is 0 Å². The molecule has 0 radical (unpaired) electrons. The highest BCUT2D eigenvalue weighted by Gasteiger charge is 2.35. The van der Waals surface area contributed by atoms with Gasteiger partial charge in [0, 0.05) is 0 Å². The highest BCUT2D eigenvalue weighted by Crippen LogP contribution is 2.34. The monoisotopic (exact) mass is 256 g/mol. The topological polar surface area (TPSA) is 38.0 Å². The van der Waals surface area contributed by atoms with Crippen LogP contribution < -0.4 is 10.7 Å². The Hall–Kier alpha value is 0.137. The van der Waals surface area contributed by atoms with Crippen molar-refractivity contribution in [1.29, 1.82) is 0 Å². The third-order valence-electron chi connectivity index (χ3n) is 5.01. The maximum Gasteiger partial charge on any atom is 0.124 e. The van der Waals surface area contributed by atoms with Crippen molar-refractivity contribution in [3.63, 3.8) is 0 Å². The summed E-state index contributed by atoms with van der Waals surface area (Å²) in [5.41, 5.74) is 5.74. The van der Waals surface area contributed by atoms with Gasteiger partial charge in [0.25, 0.3) is 0 Å². The molecule has 0 aromatic rings.